The maximum Gasteiger partial charge on any atom is 0.0651 e. The first-order valence-electron chi connectivity index (χ1n) is 6.84. The summed E-state index contributed by atoms with van der Waals surface area (Å²) in [6, 6.07) is 0. The molecule has 2 nitrogen and oxygen atoms in total. The summed E-state index contributed by atoms with van der Waals surface area (Å²) in [5.41, 5.74) is 0.0187. The molecule has 0 radical (unpaired) electrons. The molecule has 94 valence electrons. The SMILES string of the molecule is CC1CCC(OC2CCOC(C)(C)C2)CC1. The zero-order chi connectivity index (χ0) is 11.6. The van der Waals surface area contributed by atoms with Crippen LogP contribution in [-0.4, -0.2) is 24.4 Å². The van der Waals surface area contributed by atoms with Gasteiger partial charge in [0.15, 0.2) is 0 Å². The minimum Gasteiger partial charge on any atom is -0.375 e. The van der Waals surface area contributed by atoms with E-state index in [9.17, 15) is 0 Å². The lowest BCUT2D eigenvalue weighted by Crippen LogP contribution is -2.39. The van der Waals surface area contributed by atoms with E-state index in [-0.39, 0.29) is 5.60 Å². The topological polar surface area (TPSA) is 18.5 Å². The highest BCUT2D eigenvalue weighted by Crippen LogP contribution is 2.31. The van der Waals surface area contributed by atoms with Crippen molar-refractivity contribution in [2.24, 2.45) is 5.92 Å². The highest BCUT2D eigenvalue weighted by molar-refractivity contribution is 4.81. The molecule has 0 N–H and O–H groups in total. The van der Waals surface area contributed by atoms with Crippen molar-refractivity contribution in [2.45, 2.75) is 77.1 Å². The van der Waals surface area contributed by atoms with Gasteiger partial charge in [-0.3, -0.25) is 0 Å². The standard InChI is InChI=1S/C14H26O2/c1-11-4-6-12(7-5-11)16-13-8-9-15-14(2,3)10-13/h11-13H,4-10H2,1-3H3. The van der Waals surface area contributed by atoms with Crippen LogP contribution in [-0.2, 0) is 9.47 Å². The van der Waals surface area contributed by atoms with E-state index < -0.39 is 0 Å². The van der Waals surface area contributed by atoms with Crippen LogP contribution in [0, 0.1) is 5.92 Å². The lowest BCUT2D eigenvalue weighted by molar-refractivity contribution is -0.138. The molecule has 1 atom stereocenters. The van der Waals surface area contributed by atoms with E-state index in [0.29, 0.717) is 12.2 Å². The number of hydrogen-bond acceptors (Lipinski definition) is 2. The average molecular weight is 226 g/mol. The van der Waals surface area contributed by atoms with Gasteiger partial charge in [-0.05, 0) is 51.9 Å². The molecule has 1 saturated carbocycles. The molecule has 2 heteroatoms. The van der Waals surface area contributed by atoms with Crippen LogP contribution in [0.2, 0.25) is 0 Å². The molecular formula is C14H26O2. The first-order chi connectivity index (χ1) is 7.55. The molecule has 0 aromatic rings. The Labute approximate surface area is 99.7 Å². The fourth-order valence-electron chi connectivity index (χ4n) is 2.93. The third-order valence-corrected chi connectivity index (χ3v) is 4.00. The van der Waals surface area contributed by atoms with Crippen LogP contribution < -0.4 is 0 Å². The summed E-state index contributed by atoms with van der Waals surface area (Å²) in [5.74, 6) is 0.908. The second-order valence-electron chi connectivity index (χ2n) is 6.24. The summed E-state index contributed by atoms with van der Waals surface area (Å²) in [4.78, 5) is 0. The van der Waals surface area contributed by atoms with E-state index >= 15 is 0 Å². The van der Waals surface area contributed by atoms with Gasteiger partial charge in [-0.2, -0.15) is 0 Å². The molecule has 16 heavy (non-hydrogen) atoms. The zero-order valence-electron chi connectivity index (χ0n) is 11.0. The van der Waals surface area contributed by atoms with Crippen LogP contribution in [0.15, 0.2) is 0 Å². The summed E-state index contributed by atoms with van der Waals surface area (Å²) >= 11 is 0. The molecule has 2 aliphatic rings. The largest absolute Gasteiger partial charge is 0.375 e. The van der Waals surface area contributed by atoms with Crippen molar-refractivity contribution >= 4 is 0 Å². The normalized spacial score (nSPS) is 39.6. The van der Waals surface area contributed by atoms with E-state index in [0.717, 1.165) is 25.4 Å². The van der Waals surface area contributed by atoms with Gasteiger partial charge in [0.1, 0.15) is 0 Å². The first kappa shape index (κ1) is 12.4. The van der Waals surface area contributed by atoms with Crippen molar-refractivity contribution in [3.63, 3.8) is 0 Å². The van der Waals surface area contributed by atoms with Gasteiger partial charge in [0.05, 0.1) is 17.8 Å². The van der Waals surface area contributed by atoms with Crippen molar-refractivity contribution in [1.29, 1.82) is 0 Å². The van der Waals surface area contributed by atoms with Crippen LogP contribution in [0.4, 0.5) is 0 Å². The smallest absolute Gasteiger partial charge is 0.0651 e. The summed E-state index contributed by atoms with van der Waals surface area (Å²) in [7, 11) is 0. The van der Waals surface area contributed by atoms with Gasteiger partial charge in [0.25, 0.3) is 0 Å². The molecule has 2 fully saturated rings. The Hall–Kier alpha value is -0.0800. The third kappa shape index (κ3) is 3.46. The molecular weight excluding hydrogens is 200 g/mol. The maximum absolute atomic E-state index is 6.24. The van der Waals surface area contributed by atoms with Crippen molar-refractivity contribution < 1.29 is 9.47 Å². The second kappa shape index (κ2) is 5.05. The summed E-state index contributed by atoms with van der Waals surface area (Å²) < 4.78 is 12.0. The Morgan fingerprint density at radius 1 is 1.00 bits per heavy atom. The Kier molecular flexibility index (Phi) is 3.91. The van der Waals surface area contributed by atoms with Gasteiger partial charge in [-0.25, -0.2) is 0 Å². The van der Waals surface area contributed by atoms with E-state index in [2.05, 4.69) is 20.8 Å². The lowest BCUT2D eigenvalue weighted by atomic mass is 9.88. The molecule has 0 aromatic heterocycles. The Bertz CT molecular complexity index is 217. The first-order valence-corrected chi connectivity index (χ1v) is 6.84. The molecule has 1 aliphatic heterocycles. The fraction of sp³-hybridized carbons (Fsp3) is 1.00. The Morgan fingerprint density at radius 2 is 1.69 bits per heavy atom. The fourth-order valence-corrected chi connectivity index (χ4v) is 2.93. The highest BCUT2D eigenvalue weighted by Gasteiger charge is 2.31. The molecule has 0 aromatic carbocycles. The minimum atomic E-state index is 0.0187. The molecule has 1 heterocycles. The third-order valence-electron chi connectivity index (χ3n) is 4.00. The molecule has 1 saturated heterocycles. The van der Waals surface area contributed by atoms with E-state index in [4.69, 9.17) is 9.47 Å². The maximum atomic E-state index is 6.24. The highest BCUT2D eigenvalue weighted by atomic mass is 16.5. The molecule has 1 aliphatic carbocycles. The number of rotatable bonds is 2. The summed E-state index contributed by atoms with van der Waals surface area (Å²) in [6.45, 7) is 7.56. The van der Waals surface area contributed by atoms with Gasteiger partial charge in [-0.1, -0.05) is 6.92 Å². The molecule has 0 bridgehead atoms. The predicted octanol–water partition coefficient (Wildman–Crippen LogP) is 3.54. The van der Waals surface area contributed by atoms with Gasteiger partial charge >= 0.3 is 0 Å². The van der Waals surface area contributed by atoms with Gasteiger partial charge in [0.2, 0.25) is 0 Å². The van der Waals surface area contributed by atoms with Crippen molar-refractivity contribution in [2.75, 3.05) is 6.61 Å². The van der Waals surface area contributed by atoms with Gasteiger partial charge in [-0.15, -0.1) is 0 Å². The number of hydrogen-bond donors (Lipinski definition) is 0. The summed E-state index contributed by atoms with van der Waals surface area (Å²) in [5, 5.41) is 0. The average Bonchev–Trinajstić information content (AvgIpc) is 2.20. The van der Waals surface area contributed by atoms with Gasteiger partial charge in [0, 0.05) is 13.0 Å². The Morgan fingerprint density at radius 3 is 2.31 bits per heavy atom. The van der Waals surface area contributed by atoms with Crippen molar-refractivity contribution in [3.05, 3.63) is 0 Å². The second-order valence-corrected chi connectivity index (χ2v) is 6.24. The summed E-state index contributed by atoms with van der Waals surface area (Å²) in [6.07, 6.45) is 8.30. The van der Waals surface area contributed by atoms with E-state index in [1.54, 1.807) is 0 Å². The molecule has 1 unspecified atom stereocenters. The van der Waals surface area contributed by atoms with Crippen LogP contribution in [0.25, 0.3) is 0 Å². The monoisotopic (exact) mass is 226 g/mol. The predicted molar refractivity (Wildman–Crippen MR) is 65.6 cm³/mol. The lowest BCUT2D eigenvalue weighted by Gasteiger charge is -2.38. The van der Waals surface area contributed by atoms with Crippen LogP contribution in [0.3, 0.4) is 0 Å². The number of ether oxygens (including phenoxy) is 2. The Balaban J connectivity index is 1.76. The van der Waals surface area contributed by atoms with E-state index in [1.165, 1.54) is 25.7 Å². The van der Waals surface area contributed by atoms with Crippen LogP contribution in [0.1, 0.15) is 59.3 Å². The van der Waals surface area contributed by atoms with Crippen molar-refractivity contribution in [3.8, 4) is 0 Å². The quantitative estimate of drug-likeness (QED) is 0.717. The molecule has 0 spiro atoms. The van der Waals surface area contributed by atoms with E-state index in [1.807, 2.05) is 0 Å². The minimum absolute atomic E-state index is 0.0187. The van der Waals surface area contributed by atoms with Gasteiger partial charge < -0.3 is 9.47 Å². The molecule has 0 amide bonds. The van der Waals surface area contributed by atoms with Crippen molar-refractivity contribution in [1.82, 2.24) is 0 Å². The zero-order valence-corrected chi connectivity index (χ0v) is 11.0. The molecule has 2 rings (SSSR count). The van der Waals surface area contributed by atoms with Crippen LogP contribution in [0.5, 0.6) is 0 Å². The van der Waals surface area contributed by atoms with Crippen LogP contribution >= 0.6 is 0 Å².